The van der Waals surface area contributed by atoms with Crippen molar-refractivity contribution in [3.8, 4) is 0 Å². The molecule has 20 heavy (non-hydrogen) atoms. The number of hydrogen-bond acceptors (Lipinski definition) is 3. The van der Waals surface area contributed by atoms with Crippen molar-refractivity contribution in [1.29, 1.82) is 0 Å². The molecule has 2 rings (SSSR count). The molecule has 0 radical (unpaired) electrons. The summed E-state index contributed by atoms with van der Waals surface area (Å²) >= 11 is 0. The van der Waals surface area contributed by atoms with Crippen LogP contribution in [0.2, 0.25) is 0 Å². The first-order valence-corrected chi connectivity index (χ1v) is 7.03. The smallest absolute Gasteiger partial charge is 0.118 e. The molecule has 0 saturated heterocycles. The van der Waals surface area contributed by atoms with Gasteiger partial charge >= 0.3 is 0 Å². The Balaban J connectivity index is 1.80. The Morgan fingerprint density at radius 3 is 2.40 bits per heavy atom. The first-order valence-electron chi connectivity index (χ1n) is 7.03. The number of aliphatic hydroxyl groups is 1. The molecule has 3 heteroatoms. The molecule has 0 spiro atoms. The van der Waals surface area contributed by atoms with Crippen LogP contribution in [0.15, 0.2) is 40.8 Å². The molecule has 1 aromatic carbocycles. The normalized spacial score (nSPS) is 12.8. The van der Waals surface area contributed by atoms with Gasteiger partial charge in [-0.3, -0.25) is 4.90 Å². The van der Waals surface area contributed by atoms with E-state index in [1.54, 1.807) is 0 Å². The first kappa shape index (κ1) is 14.8. The molecular weight excluding hydrogens is 250 g/mol. The van der Waals surface area contributed by atoms with Crippen LogP contribution in [0.4, 0.5) is 0 Å². The van der Waals surface area contributed by atoms with Crippen molar-refractivity contribution in [2.45, 2.75) is 32.9 Å². The van der Waals surface area contributed by atoms with Crippen LogP contribution >= 0.6 is 0 Å². The van der Waals surface area contributed by atoms with Crippen molar-refractivity contribution in [3.05, 3.63) is 59.0 Å². The molecule has 0 aliphatic heterocycles. The van der Waals surface area contributed by atoms with Crippen LogP contribution in [0, 0.1) is 13.8 Å². The molecule has 1 aromatic heterocycles. The zero-order chi connectivity index (χ0) is 14.5. The molecule has 1 atom stereocenters. The van der Waals surface area contributed by atoms with E-state index in [2.05, 4.69) is 11.8 Å². The Bertz CT molecular complexity index is 530. The minimum Gasteiger partial charge on any atom is -0.465 e. The number of nitrogens with zero attached hydrogens (tertiary/aromatic N) is 1. The number of furan rings is 1. The summed E-state index contributed by atoms with van der Waals surface area (Å²) in [5.74, 6) is 1.91. The lowest BCUT2D eigenvalue weighted by Crippen LogP contribution is -2.20. The highest BCUT2D eigenvalue weighted by atomic mass is 16.3. The maximum absolute atomic E-state index is 10.2. The summed E-state index contributed by atoms with van der Waals surface area (Å²) < 4.78 is 5.55. The van der Waals surface area contributed by atoms with Crippen molar-refractivity contribution < 1.29 is 9.52 Å². The monoisotopic (exact) mass is 273 g/mol. The van der Waals surface area contributed by atoms with Gasteiger partial charge in [0.1, 0.15) is 11.5 Å². The molecule has 0 fully saturated rings. The zero-order valence-corrected chi connectivity index (χ0v) is 12.5. The maximum Gasteiger partial charge on any atom is 0.118 e. The van der Waals surface area contributed by atoms with Gasteiger partial charge in [-0.25, -0.2) is 0 Å². The highest BCUT2D eigenvalue weighted by molar-refractivity contribution is 5.23. The Morgan fingerprint density at radius 1 is 1.10 bits per heavy atom. The van der Waals surface area contributed by atoms with E-state index in [1.807, 2.05) is 50.4 Å². The SMILES string of the molecule is Cc1ccc(C(O)CCN(C)Cc2ccc(C)o2)cc1. The molecule has 0 amide bonds. The number of benzene rings is 1. The van der Waals surface area contributed by atoms with Crippen LogP contribution in [-0.2, 0) is 6.54 Å². The van der Waals surface area contributed by atoms with E-state index in [0.717, 1.165) is 36.6 Å². The second kappa shape index (κ2) is 6.73. The fourth-order valence-corrected chi connectivity index (χ4v) is 2.21. The molecule has 0 aliphatic rings. The average Bonchev–Trinajstić information content (AvgIpc) is 2.82. The number of hydrogen-bond donors (Lipinski definition) is 1. The van der Waals surface area contributed by atoms with E-state index in [9.17, 15) is 5.11 Å². The van der Waals surface area contributed by atoms with E-state index in [1.165, 1.54) is 5.56 Å². The third-order valence-electron chi connectivity index (χ3n) is 3.47. The highest BCUT2D eigenvalue weighted by Gasteiger charge is 2.10. The van der Waals surface area contributed by atoms with E-state index in [0.29, 0.717) is 0 Å². The van der Waals surface area contributed by atoms with Gasteiger partial charge in [-0.15, -0.1) is 0 Å². The Morgan fingerprint density at radius 2 is 1.80 bits per heavy atom. The molecule has 108 valence electrons. The predicted molar refractivity (Wildman–Crippen MR) is 80.5 cm³/mol. The summed E-state index contributed by atoms with van der Waals surface area (Å²) in [7, 11) is 2.04. The van der Waals surface area contributed by atoms with Crippen LogP contribution < -0.4 is 0 Å². The molecule has 1 N–H and O–H groups in total. The van der Waals surface area contributed by atoms with Crippen LogP contribution in [0.5, 0.6) is 0 Å². The summed E-state index contributed by atoms with van der Waals surface area (Å²) in [5.41, 5.74) is 2.20. The number of aryl methyl sites for hydroxylation is 2. The van der Waals surface area contributed by atoms with Crippen molar-refractivity contribution in [2.24, 2.45) is 0 Å². The number of rotatable bonds is 6. The lowest BCUT2D eigenvalue weighted by molar-refractivity contribution is 0.145. The van der Waals surface area contributed by atoms with Gasteiger partial charge in [-0.2, -0.15) is 0 Å². The predicted octanol–water partition coefficient (Wildman–Crippen LogP) is 3.45. The third-order valence-corrected chi connectivity index (χ3v) is 3.47. The Kier molecular flexibility index (Phi) is 4.99. The average molecular weight is 273 g/mol. The van der Waals surface area contributed by atoms with Crippen LogP contribution in [0.25, 0.3) is 0 Å². The maximum atomic E-state index is 10.2. The fourth-order valence-electron chi connectivity index (χ4n) is 2.21. The van der Waals surface area contributed by atoms with Crippen molar-refractivity contribution in [3.63, 3.8) is 0 Å². The summed E-state index contributed by atoms with van der Waals surface area (Å²) in [6.07, 6.45) is 0.315. The van der Waals surface area contributed by atoms with Gasteiger partial charge in [0.2, 0.25) is 0 Å². The second-order valence-electron chi connectivity index (χ2n) is 5.47. The first-order chi connectivity index (χ1) is 9.54. The second-order valence-corrected chi connectivity index (χ2v) is 5.47. The van der Waals surface area contributed by atoms with Crippen LogP contribution in [-0.4, -0.2) is 23.6 Å². The van der Waals surface area contributed by atoms with E-state index >= 15 is 0 Å². The Labute approximate surface area is 120 Å². The molecule has 0 saturated carbocycles. The molecule has 0 aliphatic carbocycles. The molecule has 3 nitrogen and oxygen atoms in total. The van der Waals surface area contributed by atoms with Gasteiger partial charge in [0.15, 0.2) is 0 Å². The van der Waals surface area contributed by atoms with Gasteiger partial charge < -0.3 is 9.52 Å². The fraction of sp³-hybridized carbons (Fsp3) is 0.412. The van der Waals surface area contributed by atoms with Crippen LogP contribution in [0.1, 0.15) is 35.2 Å². The van der Waals surface area contributed by atoms with Crippen LogP contribution in [0.3, 0.4) is 0 Å². The summed E-state index contributed by atoms with van der Waals surface area (Å²) in [6.45, 7) is 5.60. The van der Waals surface area contributed by atoms with Gasteiger partial charge in [-0.05, 0) is 45.0 Å². The highest BCUT2D eigenvalue weighted by Crippen LogP contribution is 2.18. The standard InChI is InChI=1S/C17H23NO2/c1-13-4-7-15(8-5-13)17(19)10-11-18(3)12-16-9-6-14(2)20-16/h4-9,17,19H,10-12H2,1-3H3. The summed E-state index contributed by atoms with van der Waals surface area (Å²) in [6, 6.07) is 12.0. The van der Waals surface area contributed by atoms with Gasteiger partial charge in [-0.1, -0.05) is 29.8 Å². The van der Waals surface area contributed by atoms with E-state index in [4.69, 9.17) is 4.42 Å². The lowest BCUT2D eigenvalue weighted by atomic mass is 10.0. The molecule has 0 bridgehead atoms. The largest absolute Gasteiger partial charge is 0.465 e. The molecule has 1 heterocycles. The zero-order valence-electron chi connectivity index (χ0n) is 12.5. The molecule has 1 unspecified atom stereocenters. The quantitative estimate of drug-likeness (QED) is 0.875. The topological polar surface area (TPSA) is 36.6 Å². The molecular formula is C17H23NO2. The minimum absolute atomic E-state index is 0.406. The van der Waals surface area contributed by atoms with E-state index in [-0.39, 0.29) is 0 Å². The van der Waals surface area contributed by atoms with E-state index < -0.39 is 6.10 Å². The van der Waals surface area contributed by atoms with Gasteiger partial charge in [0, 0.05) is 6.54 Å². The number of aliphatic hydroxyl groups excluding tert-OH is 1. The minimum atomic E-state index is -0.406. The van der Waals surface area contributed by atoms with Gasteiger partial charge in [0.25, 0.3) is 0 Å². The van der Waals surface area contributed by atoms with Crippen molar-refractivity contribution >= 4 is 0 Å². The summed E-state index contributed by atoms with van der Waals surface area (Å²) in [4.78, 5) is 2.16. The Hall–Kier alpha value is -1.58. The van der Waals surface area contributed by atoms with Gasteiger partial charge in [0.05, 0.1) is 12.6 Å². The van der Waals surface area contributed by atoms with Crippen molar-refractivity contribution in [1.82, 2.24) is 4.90 Å². The molecule has 2 aromatic rings. The lowest BCUT2D eigenvalue weighted by Gasteiger charge is -2.18. The van der Waals surface area contributed by atoms with Crippen molar-refractivity contribution in [2.75, 3.05) is 13.6 Å². The summed E-state index contributed by atoms with van der Waals surface area (Å²) in [5, 5.41) is 10.2. The third kappa shape index (κ3) is 4.22.